The second-order valence-corrected chi connectivity index (χ2v) is 8.27. The quantitative estimate of drug-likeness (QED) is 0.580. The van der Waals surface area contributed by atoms with E-state index in [2.05, 4.69) is 19.2 Å². The van der Waals surface area contributed by atoms with Crippen LogP contribution < -0.4 is 10.1 Å². The molecule has 1 heterocycles. The van der Waals surface area contributed by atoms with Crippen molar-refractivity contribution in [1.29, 1.82) is 0 Å². The van der Waals surface area contributed by atoms with Crippen LogP contribution in [0.4, 0.5) is 10.5 Å². The zero-order valence-electron chi connectivity index (χ0n) is 17.9. The smallest absolute Gasteiger partial charge is 0.294 e. The van der Waals surface area contributed by atoms with Crippen molar-refractivity contribution in [2.75, 3.05) is 11.9 Å². The summed E-state index contributed by atoms with van der Waals surface area (Å²) in [5.41, 5.74) is 2.57. The molecule has 0 bridgehead atoms. The van der Waals surface area contributed by atoms with E-state index in [1.165, 1.54) is 0 Å². The number of thioether (sulfide) groups is 1. The van der Waals surface area contributed by atoms with Gasteiger partial charge in [0, 0.05) is 5.69 Å². The summed E-state index contributed by atoms with van der Waals surface area (Å²) in [6, 6.07) is 14.8. The highest BCUT2D eigenvalue weighted by atomic mass is 32.2. The average Bonchev–Trinajstić information content (AvgIpc) is 3.02. The van der Waals surface area contributed by atoms with Gasteiger partial charge in [0.2, 0.25) is 5.91 Å². The average molecular weight is 439 g/mol. The molecule has 1 saturated heterocycles. The molecule has 0 saturated carbocycles. The fourth-order valence-corrected chi connectivity index (χ4v) is 3.75. The minimum Gasteiger partial charge on any atom is -0.491 e. The second kappa shape index (κ2) is 10.3. The maximum absolute atomic E-state index is 12.7. The van der Waals surface area contributed by atoms with Crippen LogP contribution in [0.3, 0.4) is 0 Å². The Morgan fingerprint density at radius 3 is 2.39 bits per heavy atom. The normalized spacial score (nSPS) is 16.0. The first-order valence-corrected chi connectivity index (χ1v) is 11.1. The molecule has 1 aliphatic heterocycles. The van der Waals surface area contributed by atoms with Gasteiger partial charge in [-0.2, -0.15) is 0 Å². The number of ether oxygens (including phenoxy) is 1. The number of hydrogen-bond acceptors (Lipinski definition) is 5. The molecule has 0 aliphatic carbocycles. The van der Waals surface area contributed by atoms with Gasteiger partial charge in [-0.1, -0.05) is 38.1 Å². The van der Waals surface area contributed by atoms with E-state index in [-0.39, 0.29) is 12.6 Å². The Morgan fingerprint density at radius 2 is 1.77 bits per heavy atom. The van der Waals surface area contributed by atoms with Crippen molar-refractivity contribution in [3.8, 4) is 5.75 Å². The Kier molecular flexibility index (Phi) is 7.52. The number of rotatable bonds is 8. The van der Waals surface area contributed by atoms with Gasteiger partial charge in [0.25, 0.3) is 11.1 Å². The number of hydrogen-bond donors (Lipinski definition) is 1. The van der Waals surface area contributed by atoms with Gasteiger partial charge >= 0.3 is 0 Å². The monoisotopic (exact) mass is 438 g/mol. The summed E-state index contributed by atoms with van der Waals surface area (Å²) in [7, 11) is 0. The molecule has 0 spiro atoms. The van der Waals surface area contributed by atoms with Crippen LogP contribution in [0.1, 0.15) is 38.3 Å². The van der Waals surface area contributed by atoms with Crippen LogP contribution in [0.15, 0.2) is 53.4 Å². The molecule has 1 aliphatic rings. The van der Waals surface area contributed by atoms with Gasteiger partial charge in [0.05, 0.1) is 11.0 Å². The molecule has 0 aromatic heterocycles. The summed E-state index contributed by atoms with van der Waals surface area (Å²) in [5, 5.41) is 2.27. The highest BCUT2D eigenvalue weighted by molar-refractivity contribution is 8.18. The van der Waals surface area contributed by atoms with Crippen LogP contribution in [-0.4, -0.2) is 34.6 Å². The summed E-state index contributed by atoms with van der Waals surface area (Å²) < 4.78 is 5.75. The van der Waals surface area contributed by atoms with Gasteiger partial charge in [0.15, 0.2) is 0 Å². The molecule has 3 amide bonds. The lowest BCUT2D eigenvalue weighted by Gasteiger charge is -2.13. The number of amides is 3. The van der Waals surface area contributed by atoms with Crippen LogP contribution >= 0.6 is 11.8 Å². The predicted octanol–water partition coefficient (Wildman–Crippen LogP) is 5.10. The highest BCUT2D eigenvalue weighted by Crippen LogP contribution is 2.32. The molecule has 1 N–H and O–H groups in total. The van der Waals surface area contributed by atoms with E-state index in [1.54, 1.807) is 18.2 Å². The number of aryl methyl sites for hydroxylation is 1. The summed E-state index contributed by atoms with van der Waals surface area (Å²) in [4.78, 5) is 38.5. The van der Waals surface area contributed by atoms with Crippen molar-refractivity contribution in [3.63, 3.8) is 0 Å². The lowest BCUT2D eigenvalue weighted by Crippen LogP contribution is -2.36. The van der Waals surface area contributed by atoms with Crippen molar-refractivity contribution in [3.05, 3.63) is 64.6 Å². The summed E-state index contributed by atoms with van der Waals surface area (Å²) in [6.07, 6.45) is 3.59. The molecule has 3 rings (SSSR count). The molecule has 1 fully saturated rings. The zero-order chi connectivity index (χ0) is 22.4. The molecule has 6 nitrogen and oxygen atoms in total. The van der Waals surface area contributed by atoms with Crippen LogP contribution in [0.5, 0.6) is 5.75 Å². The Bertz CT molecular complexity index is 984. The Hall–Kier alpha value is -3.06. The topological polar surface area (TPSA) is 75.7 Å². The first kappa shape index (κ1) is 22.6. The molecule has 0 radical (unpaired) electrons. The van der Waals surface area contributed by atoms with Gasteiger partial charge in [-0.25, -0.2) is 0 Å². The van der Waals surface area contributed by atoms with Crippen molar-refractivity contribution < 1.29 is 19.1 Å². The number of carbonyl (C=O) groups is 3. The number of benzene rings is 2. The van der Waals surface area contributed by atoms with Gasteiger partial charge in [0.1, 0.15) is 12.3 Å². The molecular formula is C24H26N2O4S. The van der Waals surface area contributed by atoms with E-state index in [0.29, 0.717) is 10.6 Å². The molecule has 162 valence electrons. The van der Waals surface area contributed by atoms with Crippen LogP contribution in [0.25, 0.3) is 6.08 Å². The molecule has 31 heavy (non-hydrogen) atoms. The molecular weight excluding hydrogens is 412 g/mol. The summed E-state index contributed by atoms with van der Waals surface area (Å²) in [5.74, 6) is -0.131. The van der Waals surface area contributed by atoms with Crippen molar-refractivity contribution in [1.82, 2.24) is 4.90 Å². The van der Waals surface area contributed by atoms with E-state index in [4.69, 9.17) is 4.74 Å². The summed E-state index contributed by atoms with van der Waals surface area (Å²) >= 11 is 0.836. The standard InChI is InChI=1S/C24H26N2O4S/c1-4-16(3)30-20-12-8-18(9-13-20)14-21-23(28)26(24(29)31-21)15-22(27)25-19-10-6-17(5-2)7-11-19/h6-14,16H,4-5,15H2,1-3H3,(H,25,27)/b21-14-/t16-/m0/s1. The third-order valence-corrected chi connectivity index (χ3v) is 5.82. The third kappa shape index (κ3) is 5.98. The lowest BCUT2D eigenvalue weighted by atomic mass is 10.1. The number of imide groups is 1. The minimum atomic E-state index is -0.466. The van der Waals surface area contributed by atoms with Gasteiger partial charge in [-0.3, -0.25) is 19.3 Å². The van der Waals surface area contributed by atoms with Crippen LogP contribution in [0, 0.1) is 0 Å². The summed E-state index contributed by atoms with van der Waals surface area (Å²) in [6.45, 7) is 5.78. The van der Waals surface area contributed by atoms with E-state index in [1.807, 2.05) is 43.3 Å². The number of nitrogens with zero attached hydrogens (tertiary/aromatic N) is 1. The van der Waals surface area contributed by atoms with Gasteiger partial charge in [-0.05, 0) is 73.0 Å². The lowest BCUT2D eigenvalue weighted by molar-refractivity contribution is -0.127. The second-order valence-electron chi connectivity index (χ2n) is 7.27. The fraction of sp³-hybridized carbons (Fsp3) is 0.292. The largest absolute Gasteiger partial charge is 0.491 e. The van der Waals surface area contributed by atoms with Crippen molar-refractivity contribution >= 4 is 40.6 Å². The van der Waals surface area contributed by atoms with Gasteiger partial charge < -0.3 is 10.1 Å². The maximum Gasteiger partial charge on any atom is 0.294 e. The highest BCUT2D eigenvalue weighted by Gasteiger charge is 2.36. The fourth-order valence-electron chi connectivity index (χ4n) is 2.91. The SMILES string of the molecule is CCc1ccc(NC(=O)CN2C(=O)S/C(=C\c3ccc(O[C@@H](C)CC)cc3)C2=O)cc1. The Labute approximate surface area is 186 Å². The van der Waals surface area contributed by atoms with E-state index in [9.17, 15) is 14.4 Å². The van der Waals surface area contributed by atoms with Crippen molar-refractivity contribution in [2.45, 2.75) is 39.7 Å². The Morgan fingerprint density at radius 1 is 1.10 bits per heavy atom. The first-order chi connectivity index (χ1) is 14.9. The van der Waals surface area contributed by atoms with Crippen LogP contribution in [0.2, 0.25) is 0 Å². The first-order valence-electron chi connectivity index (χ1n) is 10.3. The van der Waals surface area contributed by atoms with E-state index in [0.717, 1.165) is 46.4 Å². The van der Waals surface area contributed by atoms with Crippen molar-refractivity contribution in [2.24, 2.45) is 0 Å². The van der Waals surface area contributed by atoms with Crippen LogP contribution in [-0.2, 0) is 16.0 Å². The molecule has 2 aromatic rings. The minimum absolute atomic E-state index is 0.123. The molecule has 2 aromatic carbocycles. The number of carbonyl (C=O) groups excluding carboxylic acids is 3. The maximum atomic E-state index is 12.7. The molecule has 1 atom stereocenters. The number of nitrogens with one attached hydrogen (secondary N) is 1. The Balaban J connectivity index is 1.62. The van der Waals surface area contributed by atoms with E-state index < -0.39 is 17.1 Å². The molecule has 0 unspecified atom stereocenters. The predicted molar refractivity (Wildman–Crippen MR) is 124 cm³/mol. The van der Waals surface area contributed by atoms with E-state index >= 15 is 0 Å². The molecule has 7 heteroatoms. The van der Waals surface area contributed by atoms with Gasteiger partial charge in [-0.15, -0.1) is 0 Å². The third-order valence-electron chi connectivity index (χ3n) is 4.91. The zero-order valence-corrected chi connectivity index (χ0v) is 18.7. The number of anilines is 1.